The zero-order valence-corrected chi connectivity index (χ0v) is 9.76. The van der Waals surface area contributed by atoms with Gasteiger partial charge in [-0.15, -0.1) is 0 Å². The van der Waals surface area contributed by atoms with Gasteiger partial charge in [-0.25, -0.2) is 0 Å². The van der Waals surface area contributed by atoms with Crippen molar-refractivity contribution in [3.63, 3.8) is 0 Å². The SMILES string of the molecule is OB(Oc1ccc(C(F)(F)F)cc1)c1ccccc1. The molecular weight excluding hydrogens is 256 g/mol. The van der Waals surface area contributed by atoms with Crippen molar-refractivity contribution >= 4 is 12.6 Å². The molecule has 0 radical (unpaired) electrons. The molecule has 98 valence electrons. The molecule has 2 aromatic rings. The monoisotopic (exact) mass is 266 g/mol. The number of hydrogen-bond donors (Lipinski definition) is 1. The highest BCUT2D eigenvalue weighted by Crippen LogP contribution is 2.30. The lowest BCUT2D eigenvalue weighted by Crippen LogP contribution is -2.36. The van der Waals surface area contributed by atoms with Crippen LogP contribution in [0.1, 0.15) is 5.56 Å². The molecule has 0 aliphatic carbocycles. The summed E-state index contributed by atoms with van der Waals surface area (Å²) in [6, 6.07) is 12.7. The van der Waals surface area contributed by atoms with Crippen LogP contribution in [-0.2, 0) is 6.18 Å². The van der Waals surface area contributed by atoms with Crippen LogP contribution in [-0.4, -0.2) is 12.1 Å². The third-order valence-electron chi connectivity index (χ3n) is 2.51. The molecule has 1 N–H and O–H groups in total. The van der Waals surface area contributed by atoms with Crippen molar-refractivity contribution in [1.82, 2.24) is 0 Å². The van der Waals surface area contributed by atoms with Crippen LogP contribution < -0.4 is 10.1 Å². The lowest BCUT2D eigenvalue weighted by molar-refractivity contribution is -0.137. The Morgan fingerprint density at radius 1 is 0.895 bits per heavy atom. The molecule has 0 aliphatic rings. The lowest BCUT2D eigenvalue weighted by atomic mass is 9.79. The molecule has 2 nitrogen and oxygen atoms in total. The first kappa shape index (κ1) is 13.5. The van der Waals surface area contributed by atoms with Gasteiger partial charge < -0.3 is 9.68 Å². The van der Waals surface area contributed by atoms with Crippen molar-refractivity contribution in [2.45, 2.75) is 6.18 Å². The van der Waals surface area contributed by atoms with Gasteiger partial charge in [0.15, 0.2) is 0 Å². The standard InChI is InChI=1S/C13H10BF3O2/c15-13(16,17)10-6-8-12(9-7-10)19-14(18)11-4-2-1-3-5-11/h1-9,18H. The second kappa shape index (κ2) is 5.36. The molecule has 0 amide bonds. The summed E-state index contributed by atoms with van der Waals surface area (Å²) in [6.45, 7) is 0. The molecule has 0 heterocycles. The summed E-state index contributed by atoms with van der Waals surface area (Å²) < 4.78 is 42.2. The number of alkyl halides is 3. The highest BCUT2D eigenvalue weighted by atomic mass is 19.4. The average Bonchev–Trinajstić information content (AvgIpc) is 2.39. The van der Waals surface area contributed by atoms with E-state index in [2.05, 4.69) is 0 Å². The molecule has 0 aromatic heterocycles. The highest BCUT2D eigenvalue weighted by molar-refractivity contribution is 6.60. The van der Waals surface area contributed by atoms with E-state index in [4.69, 9.17) is 4.65 Å². The van der Waals surface area contributed by atoms with Crippen molar-refractivity contribution in [2.75, 3.05) is 0 Å². The minimum Gasteiger partial charge on any atom is -0.532 e. The fourth-order valence-corrected chi connectivity index (χ4v) is 1.54. The molecule has 0 saturated carbocycles. The zero-order valence-electron chi connectivity index (χ0n) is 9.76. The van der Waals surface area contributed by atoms with Crippen molar-refractivity contribution in [2.24, 2.45) is 0 Å². The Kier molecular flexibility index (Phi) is 3.80. The number of rotatable bonds is 3. The van der Waals surface area contributed by atoms with Crippen molar-refractivity contribution in [3.05, 3.63) is 60.2 Å². The molecule has 2 rings (SSSR count). The third-order valence-corrected chi connectivity index (χ3v) is 2.51. The molecule has 0 unspecified atom stereocenters. The van der Waals surface area contributed by atoms with Crippen molar-refractivity contribution in [3.8, 4) is 5.75 Å². The minimum absolute atomic E-state index is 0.171. The average molecular weight is 266 g/mol. The summed E-state index contributed by atoms with van der Waals surface area (Å²) in [5.41, 5.74) is -0.226. The highest BCUT2D eigenvalue weighted by Gasteiger charge is 2.30. The van der Waals surface area contributed by atoms with E-state index in [0.29, 0.717) is 5.46 Å². The fourth-order valence-electron chi connectivity index (χ4n) is 1.54. The second-order valence-corrected chi connectivity index (χ2v) is 3.90. The lowest BCUT2D eigenvalue weighted by Gasteiger charge is -2.11. The molecule has 0 aliphatic heterocycles. The molecule has 0 spiro atoms. The summed E-state index contributed by atoms with van der Waals surface area (Å²) in [6.07, 6.45) is -4.38. The van der Waals surface area contributed by atoms with Crippen LogP contribution in [0.4, 0.5) is 13.2 Å². The van der Waals surface area contributed by atoms with Gasteiger partial charge in [0.2, 0.25) is 0 Å². The summed E-state index contributed by atoms with van der Waals surface area (Å²) >= 11 is 0. The second-order valence-electron chi connectivity index (χ2n) is 3.90. The van der Waals surface area contributed by atoms with Gasteiger partial charge in [-0.3, -0.25) is 0 Å². The largest absolute Gasteiger partial charge is 0.560 e. The molecule has 0 bridgehead atoms. The smallest absolute Gasteiger partial charge is 0.532 e. The maximum Gasteiger partial charge on any atom is 0.560 e. The van der Waals surface area contributed by atoms with Crippen LogP contribution in [0, 0.1) is 0 Å². The van der Waals surface area contributed by atoms with Crippen molar-refractivity contribution in [1.29, 1.82) is 0 Å². The van der Waals surface area contributed by atoms with Crippen LogP contribution in [0.5, 0.6) is 5.75 Å². The molecule has 2 aromatic carbocycles. The normalized spacial score (nSPS) is 11.2. The Balaban J connectivity index is 2.08. The van der Waals surface area contributed by atoms with Gasteiger partial charge in [0.25, 0.3) is 0 Å². The van der Waals surface area contributed by atoms with Gasteiger partial charge in [0.05, 0.1) is 5.56 Å². The molecule has 0 fully saturated rings. The first-order valence-electron chi connectivity index (χ1n) is 5.54. The zero-order chi connectivity index (χ0) is 13.9. The fraction of sp³-hybridized carbons (Fsp3) is 0.0769. The summed E-state index contributed by atoms with van der Waals surface area (Å²) in [4.78, 5) is 0. The van der Waals surface area contributed by atoms with E-state index in [9.17, 15) is 18.2 Å². The number of hydrogen-bond acceptors (Lipinski definition) is 2. The van der Waals surface area contributed by atoms with Gasteiger partial charge in [-0.2, -0.15) is 13.2 Å². The van der Waals surface area contributed by atoms with E-state index in [1.807, 2.05) is 0 Å². The Labute approximate surface area is 108 Å². The van der Waals surface area contributed by atoms with Crippen LogP contribution in [0.15, 0.2) is 54.6 Å². The van der Waals surface area contributed by atoms with Crippen LogP contribution >= 0.6 is 0 Å². The molecule has 0 atom stereocenters. The van der Waals surface area contributed by atoms with E-state index in [1.54, 1.807) is 30.3 Å². The maximum atomic E-state index is 12.4. The Morgan fingerprint density at radius 3 is 2.00 bits per heavy atom. The topological polar surface area (TPSA) is 29.5 Å². The van der Waals surface area contributed by atoms with E-state index in [0.717, 1.165) is 12.1 Å². The van der Waals surface area contributed by atoms with E-state index in [1.165, 1.54) is 12.1 Å². The van der Waals surface area contributed by atoms with Crippen LogP contribution in [0.3, 0.4) is 0 Å². The first-order chi connectivity index (χ1) is 8.97. The summed E-state index contributed by atoms with van der Waals surface area (Å²) in [7, 11) is -1.21. The van der Waals surface area contributed by atoms with E-state index in [-0.39, 0.29) is 5.75 Å². The summed E-state index contributed by atoms with van der Waals surface area (Å²) in [5, 5.41) is 9.76. The van der Waals surface area contributed by atoms with E-state index >= 15 is 0 Å². The Bertz CT molecular complexity index is 526. The van der Waals surface area contributed by atoms with Gasteiger partial charge in [-0.05, 0) is 29.7 Å². The minimum atomic E-state index is -4.38. The summed E-state index contributed by atoms with van der Waals surface area (Å²) in [5.74, 6) is 0.171. The van der Waals surface area contributed by atoms with Gasteiger partial charge >= 0.3 is 13.3 Å². The predicted octanol–water partition coefficient (Wildman–Crippen LogP) is 2.47. The molecule has 6 heteroatoms. The maximum absolute atomic E-state index is 12.4. The molecule has 0 saturated heterocycles. The first-order valence-corrected chi connectivity index (χ1v) is 5.54. The van der Waals surface area contributed by atoms with Crippen LogP contribution in [0.25, 0.3) is 0 Å². The van der Waals surface area contributed by atoms with Gasteiger partial charge in [0, 0.05) is 0 Å². The number of halogens is 3. The number of benzene rings is 2. The van der Waals surface area contributed by atoms with Gasteiger partial charge in [-0.1, -0.05) is 30.3 Å². The Hall–Kier alpha value is -1.95. The molecular formula is C13H10BF3O2. The van der Waals surface area contributed by atoms with E-state index < -0.39 is 18.9 Å². The third kappa shape index (κ3) is 3.51. The quantitative estimate of drug-likeness (QED) is 0.865. The molecule has 19 heavy (non-hydrogen) atoms. The van der Waals surface area contributed by atoms with Crippen molar-refractivity contribution < 1.29 is 22.8 Å². The van der Waals surface area contributed by atoms with Crippen LogP contribution in [0.2, 0.25) is 0 Å². The van der Waals surface area contributed by atoms with Gasteiger partial charge in [0.1, 0.15) is 5.75 Å². The Morgan fingerprint density at radius 2 is 1.47 bits per heavy atom. The predicted molar refractivity (Wildman–Crippen MR) is 66.1 cm³/mol.